The van der Waals surface area contributed by atoms with Crippen LogP contribution in [-0.2, 0) is 0 Å². The Morgan fingerprint density at radius 3 is 2.57 bits per heavy atom. The molecular formula is C12H13F3N2O3S. The summed E-state index contributed by atoms with van der Waals surface area (Å²) >= 11 is -0.244. The Balaban J connectivity index is 2.56. The van der Waals surface area contributed by atoms with Crippen LogP contribution < -0.4 is 10.6 Å². The second kappa shape index (κ2) is 7.21. The quantitative estimate of drug-likeness (QED) is 0.728. The lowest BCUT2D eigenvalue weighted by Crippen LogP contribution is -2.31. The first-order chi connectivity index (χ1) is 9.70. The molecule has 0 atom stereocenters. The van der Waals surface area contributed by atoms with Gasteiger partial charge in [-0.15, -0.1) is 0 Å². The number of carboxylic acid groups (broad SMARTS) is 1. The van der Waals surface area contributed by atoms with E-state index in [1.807, 2.05) is 0 Å². The monoisotopic (exact) mass is 322 g/mol. The minimum absolute atomic E-state index is 0.0580. The summed E-state index contributed by atoms with van der Waals surface area (Å²) in [6, 6.07) is 3.79. The van der Waals surface area contributed by atoms with Gasteiger partial charge in [-0.05, 0) is 30.3 Å². The lowest BCUT2D eigenvalue weighted by Gasteiger charge is -2.11. The van der Waals surface area contributed by atoms with Crippen LogP contribution in [0.3, 0.4) is 0 Å². The summed E-state index contributed by atoms with van der Waals surface area (Å²) in [6.07, 6.45) is 0. The number of aryl methyl sites for hydroxylation is 1. The predicted octanol–water partition coefficient (Wildman–Crippen LogP) is 3.07. The van der Waals surface area contributed by atoms with Crippen molar-refractivity contribution in [2.24, 2.45) is 0 Å². The molecule has 0 fully saturated rings. The highest BCUT2D eigenvalue weighted by atomic mass is 32.2. The van der Waals surface area contributed by atoms with Gasteiger partial charge < -0.3 is 15.7 Å². The fourth-order valence-corrected chi connectivity index (χ4v) is 1.99. The number of amides is 2. The maximum atomic E-state index is 11.9. The second-order valence-electron chi connectivity index (χ2n) is 3.98. The van der Waals surface area contributed by atoms with Crippen LogP contribution in [0.4, 0.5) is 23.7 Å². The molecule has 0 radical (unpaired) electrons. The fourth-order valence-electron chi connectivity index (χ4n) is 1.55. The Kier molecular flexibility index (Phi) is 5.89. The molecule has 3 N–H and O–H groups in total. The summed E-state index contributed by atoms with van der Waals surface area (Å²) in [4.78, 5) is 22.6. The number of aromatic carboxylic acids is 1. The molecule has 21 heavy (non-hydrogen) atoms. The van der Waals surface area contributed by atoms with Crippen molar-refractivity contribution in [1.29, 1.82) is 0 Å². The van der Waals surface area contributed by atoms with E-state index in [9.17, 15) is 22.8 Å². The Hall–Kier alpha value is -1.90. The highest BCUT2D eigenvalue weighted by molar-refractivity contribution is 8.00. The number of thioether (sulfide) groups is 1. The molecule has 0 unspecified atom stereocenters. The van der Waals surface area contributed by atoms with Crippen molar-refractivity contribution in [2.45, 2.75) is 12.4 Å². The molecule has 0 spiro atoms. The van der Waals surface area contributed by atoms with Crippen LogP contribution in [-0.4, -0.2) is 34.9 Å². The van der Waals surface area contributed by atoms with Crippen LogP contribution in [0.25, 0.3) is 0 Å². The van der Waals surface area contributed by atoms with E-state index in [1.54, 1.807) is 19.1 Å². The average molecular weight is 322 g/mol. The van der Waals surface area contributed by atoms with Crippen molar-refractivity contribution in [1.82, 2.24) is 5.32 Å². The van der Waals surface area contributed by atoms with Crippen molar-refractivity contribution >= 4 is 29.4 Å². The maximum absolute atomic E-state index is 11.9. The third-order valence-electron chi connectivity index (χ3n) is 2.39. The number of hydrogen-bond donors (Lipinski definition) is 3. The first-order valence-corrected chi connectivity index (χ1v) is 6.77. The first kappa shape index (κ1) is 17.2. The highest BCUT2D eigenvalue weighted by Gasteiger charge is 2.27. The van der Waals surface area contributed by atoms with Gasteiger partial charge in [0.2, 0.25) is 0 Å². The lowest BCUT2D eigenvalue weighted by molar-refractivity contribution is -0.0327. The zero-order chi connectivity index (χ0) is 16.0. The molecule has 1 rings (SSSR count). The Bertz CT molecular complexity index is 535. The van der Waals surface area contributed by atoms with Crippen molar-refractivity contribution < 1.29 is 27.9 Å². The van der Waals surface area contributed by atoms with E-state index in [4.69, 9.17) is 5.11 Å². The minimum Gasteiger partial charge on any atom is -0.478 e. The van der Waals surface area contributed by atoms with Crippen LogP contribution in [0.15, 0.2) is 18.2 Å². The number of anilines is 1. The Morgan fingerprint density at radius 1 is 1.33 bits per heavy atom. The number of alkyl halides is 3. The van der Waals surface area contributed by atoms with Crippen molar-refractivity contribution in [3.8, 4) is 0 Å². The molecule has 0 aromatic heterocycles. The van der Waals surface area contributed by atoms with Gasteiger partial charge in [0.1, 0.15) is 0 Å². The zero-order valence-corrected chi connectivity index (χ0v) is 11.8. The maximum Gasteiger partial charge on any atom is 0.441 e. The number of hydrogen-bond acceptors (Lipinski definition) is 3. The number of carboxylic acids is 1. The minimum atomic E-state index is -4.34. The largest absolute Gasteiger partial charge is 0.478 e. The molecule has 0 heterocycles. The molecule has 9 heteroatoms. The van der Waals surface area contributed by atoms with Gasteiger partial charge in [-0.2, -0.15) is 13.2 Å². The number of rotatable bonds is 5. The van der Waals surface area contributed by atoms with Gasteiger partial charge in [0.25, 0.3) is 0 Å². The van der Waals surface area contributed by atoms with Crippen LogP contribution in [0, 0.1) is 6.92 Å². The topological polar surface area (TPSA) is 78.4 Å². The Morgan fingerprint density at radius 2 is 2.00 bits per heavy atom. The molecule has 0 saturated carbocycles. The zero-order valence-electron chi connectivity index (χ0n) is 11.0. The van der Waals surface area contributed by atoms with Crippen LogP contribution in [0.2, 0.25) is 0 Å². The Labute approximate surface area is 122 Å². The van der Waals surface area contributed by atoms with Crippen molar-refractivity contribution in [3.05, 3.63) is 29.3 Å². The molecule has 1 aromatic rings. The van der Waals surface area contributed by atoms with E-state index in [0.717, 1.165) is 0 Å². The molecule has 5 nitrogen and oxygen atoms in total. The van der Waals surface area contributed by atoms with Gasteiger partial charge in [-0.3, -0.25) is 0 Å². The molecule has 0 aliphatic heterocycles. The van der Waals surface area contributed by atoms with Crippen LogP contribution >= 0.6 is 11.8 Å². The second-order valence-corrected chi connectivity index (χ2v) is 5.14. The van der Waals surface area contributed by atoms with Gasteiger partial charge in [0.15, 0.2) is 0 Å². The van der Waals surface area contributed by atoms with Gasteiger partial charge >= 0.3 is 17.5 Å². The van der Waals surface area contributed by atoms with Crippen LogP contribution in [0.1, 0.15) is 15.9 Å². The summed E-state index contributed by atoms with van der Waals surface area (Å²) < 4.78 is 35.6. The number of nitrogens with one attached hydrogen (secondary N) is 2. The van der Waals surface area contributed by atoms with E-state index >= 15 is 0 Å². The van der Waals surface area contributed by atoms with Crippen molar-refractivity contribution in [3.63, 3.8) is 0 Å². The predicted molar refractivity (Wildman–Crippen MR) is 73.7 cm³/mol. The standard InChI is InChI=1S/C12H13F3N2O3S/c1-7-3-2-4-8(9(7)10(18)19)17-11(20)16-5-6-21-12(13,14)15/h2-4H,5-6H2,1H3,(H,18,19)(H2,16,17,20). The van der Waals surface area contributed by atoms with E-state index in [-0.39, 0.29) is 35.3 Å². The van der Waals surface area contributed by atoms with Gasteiger partial charge in [0.05, 0.1) is 11.3 Å². The summed E-state index contributed by atoms with van der Waals surface area (Å²) in [5, 5.41) is 13.6. The van der Waals surface area contributed by atoms with Gasteiger partial charge in [-0.25, -0.2) is 9.59 Å². The van der Waals surface area contributed by atoms with E-state index in [1.165, 1.54) is 6.07 Å². The lowest BCUT2D eigenvalue weighted by atomic mass is 10.1. The van der Waals surface area contributed by atoms with E-state index < -0.39 is 17.5 Å². The molecular weight excluding hydrogens is 309 g/mol. The number of halogens is 3. The SMILES string of the molecule is Cc1cccc(NC(=O)NCCSC(F)(F)F)c1C(=O)O. The number of carbonyl (C=O) groups is 2. The van der Waals surface area contributed by atoms with E-state index in [0.29, 0.717) is 5.56 Å². The molecule has 0 saturated heterocycles. The number of benzene rings is 1. The summed E-state index contributed by atoms with van der Waals surface area (Å²) in [5.74, 6) is -1.52. The normalized spacial score (nSPS) is 11.0. The third-order valence-corrected chi connectivity index (χ3v) is 3.12. The summed E-state index contributed by atoms with van der Waals surface area (Å²) in [6.45, 7) is 1.39. The smallest absolute Gasteiger partial charge is 0.441 e. The number of carbonyl (C=O) groups excluding carboxylic acids is 1. The van der Waals surface area contributed by atoms with Crippen LogP contribution in [0.5, 0.6) is 0 Å². The van der Waals surface area contributed by atoms with E-state index in [2.05, 4.69) is 10.6 Å². The summed E-state index contributed by atoms with van der Waals surface area (Å²) in [5.41, 5.74) is -3.85. The molecule has 116 valence electrons. The van der Waals surface area contributed by atoms with Crippen molar-refractivity contribution in [2.75, 3.05) is 17.6 Å². The molecule has 0 aliphatic rings. The molecule has 0 aliphatic carbocycles. The number of urea groups is 1. The molecule has 2 amide bonds. The highest BCUT2D eigenvalue weighted by Crippen LogP contribution is 2.29. The first-order valence-electron chi connectivity index (χ1n) is 5.79. The van der Waals surface area contributed by atoms with Gasteiger partial charge in [-0.1, -0.05) is 12.1 Å². The summed E-state index contributed by atoms with van der Waals surface area (Å²) in [7, 11) is 0. The fraction of sp³-hybridized carbons (Fsp3) is 0.333. The molecule has 0 bridgehead atoms. The van der Waals surface area contributed by atoms with Gasteiger partial charge in [0, 0.05) is 12.3 Å². The molecule has 1 aromatic carbocycles. The average Bonchev–Trinajstić information content (AvgIpc) is 2.33. The third kappa shape index (κ3) is 5.94.